The van der Waals surface area contributed by atoms with E-state index >= 15 is 0 Å². The van der Waals surface area contributed by atoms with Gasteiger partial charge in [0, 0.05) is 57.3 Å². The molecule has 3 heterocycles. The lowest BCUT2D eigenvalue weighted by atomic mass is 9.73. The summed E-state index contributed by atoms with van der Waals surface area (Å²) in [4.78, 5) is 23.7. The summed E-state index contributed by atoms with van der Waals surface area (Å²) >= 11 is 0. The van der Waals surface area contributed by atoms with Gasteiger partial charge in [0.05, 0.1) is 65.6 Å². The summed E-state index contributed by atoms with van der Waals surface area (Å²) in [5, 5.41) is 29.8. The van der Waals surface area contributed by atoms with Crippen LogP contribution >= 0.6 is 0 Å². The smallest absolute Gasteiger partial charge is 0.311 e. The van der Waals surface area contributed by atoms with Crippen LogP contribution in [0.5, 0.6) is 0 Å². The molecule has 0 aromatic heterocycles. The molecule has 1 saturated carbocycles. The zero-order valence-corrected chi connectivity index (χ0v) is 50.3. The fraction of sp³-hybridized carbons (Fsp3) is 0.962. The van der Waals surface area contributed by atoms with Gasteiger partial charge in [0.1, 0.15) is 17.8 Å². The second-order valence-corrected chi connectivity index (χ2v) is 33.8. The van der Waals surface area contributed by atoms with Gasteiger partial charge in [-0.15, -0.1) is 0 Å². The first-order valence-electron chi connectivity index (χ1n) is 27.0. The highest BCUT2D eigenvalue weighted by atomic mass is 28.4. The Morgan fingerprint density at radius 2 is 1.38 bits per heavy atom. The number of carbonyl (C=O) groups is 1. The van der Waals surface area contributed by atoms with Crippen LogP contribution in [0.3, 0.4) is 0 Å². The maximum atomic E-state index is 14.9. The van der Waals surface area contributed by atoms with Crippen LogP contribution < -0.4 is 0 Å². The van der Waals surface area contributed by atoms with Crippen LogP contribution in [-0.4, -0.2) is 168 Å². The molecule has 4 aliphatic rings. The molecule has 416 valence electrons. The molecule has 0 aromatic rings. The monoisotopic (exact) mass is 1050 g/mol. The van der Waals surface area contributed by atoms with Crippen molar-refractivity contribution >= 4 is 28.3 Å². The van der Waals surface area contributed by atoms with E-state index in [1.807, 2.05) is 62.3 Å². The second kappa shape index (κ2) is 24.9. The van der Waals surface area contributed by atoms with Gasteiger partial charge in [-0.2, -0.15) is 0 Å². The van der Waals surface area contributed by atoms with Crippen molar-refractivity contribution in [2.24, 2.45) is 28.8 Å². The van der Waals surface area contributed by atoms with Gasteiger partial charge >= 0.3 is 5.97 Å². The highest BCUT2D eigenvalue weighted by Gasteiger charge is 2.55. The number of carbonyl (C=O) groups excluding carboxylic acids is 1. The van der Waals surface area contributed by atoms with E-state index in [2.05, 4.69) is 65.2 Å². The summed E-state index contributed by atoms with van der Waals surface area (Å²) in [7, 11) is 3.20. The van der Waals surface area contributed by atoms with Crippen LogP contribution in [0.4, 0.5) is 0 Å². The molecule has 4 rings (SSSR count). The van der Waals surface area contributed by atoms with Gasteiger partial charge in [-0.3, -0.25) is 4.79 Å². The third-order valence-electron chi connectivity index (χ3n) is 15.6. The normalized spacial score (nSPS) is 42.3. The Hall–Kier alpha value is -1.11. The Morgan fingerprint density at radius 1 is 0.803 bits per heavy atom. The SMILES string of the molecule is CC[C@H]1OC(=O)[C@H](C)[C@@H](O[C@H]2C[C@@](C)(OC)[C@@H](O[Si](C)(C)C)[C@H](C)O2)[C@H](C)[C@@H](O[C@@H]2O[C@H](C)C[C@H](N(C)C)[C@H]2O[Si](C)(C)C)[C@](C)(OC)C[C@@H](C)/C(=N\OC2(OC(C)C)CCCCC2)[C@H](C)[C@@H](O)[C@]1(C)O. The number of aliphatic hydroxyl groups is 2. The van der Waals surface area contributed by atoms with Crippen LogP contribution in [0, 0.1) is 23.7 Å². The number of hydrogen-bond acceptors (Lipinski definition) is 16. The summed E-state index contributed by atoms with van der Waals surface area (Å²) in [6, 6.07) is -0.0368. The van der Waals surface area contributed by atoms with Gasteiger partial charge in [0.2, 0.25) is 5.79 Å². The van der Waals surface area contributed by atoms with E-state index in [0.717, 1.165) is 25.7 Å². The zero-order valence-electron chi connectivity index (χ0n) is 48.3. The quantitative estimate of drug-likeness (QED) is 0.0648. The summed E-state index contributed by atoms with van der Waals surface area (Å²) in [5.41, 5.74) is -3.38. The van der Waals surface area contributed by atoms with Crippen molar-refractivity contribution in [2.75, 3.05) is 28.3 Å². The molecule has 18 heteroatoms. The fourth-order valence-electron chi connectivity index (χ4n) is 11.8. The van der Waals surface area contributed by atoms with E-state index in [9.17, 15) is 15.0 Å². The number of ether oxygens (including phenoxy) is 8. The van der Waals surface area contributed by atoms with E-state index in [-0.39, 0.29) is 30.8 Å². The highest BCUT2D eigenvalue weighted by molar-refractivity contribution is 6.70. The molecule has 0 amide bonds. The van der Waals surface area contributed by atoms with E-state index in [4.69, 9.17) is 56.7 Å². The van der Waals surface area contributed by atoms with Gasteiger partial charge < -0.3 is 66.7 Å². The topological polar surface area (TPSA) is 175 Å². The summed E-state index contributed by atoms with van der Waals surface area (Å²) in [6.07, 6.45) is -1.82. The molecule has 0 aromatic carbocycles. The molecule has 4 fully saturated rings. The third-order valence-corrected chi connectivity index (χ3v) is 17.5. The largest absolute Gasteiger partial charge is 0.459 e. The lowest BCUT2D eigenvalue weighted by Gasteiger charge is -2.51. The average Bonchev–Trinajstić information content (AvgIpc) is 3.26. The van der Waals surface area contributed by atoms with Crippen molar-refractivity contribution in [2.45, 2.75) is 276 Å². The number of cyclic esters (lactones) is 1. The van der Waals surface area contributed by atoms with Crippen LogP contribution in [-0.2, 0) is 56.4 Å². The second-order valence-electron chi connectivity index (χ2n) is 24.9. The number of hydrogen-bond donors (Lipinski definition) is 2. The molecule has 18 atom stereocenters. The van der Waals surface area contributed by atoms with Crippen LogP contribution in [0.1, 0.15) is 141 Å². The van der Waals surface area contributed by atoms with Crippen LogP contribution in [0.25, 0.3) is 0 Å². The third kappa shape index (κ3) is 15.8. The Balaban J connectivity index is 1.99. The lowest BCUT2D eigenvalue weighted by Crippen LogP contribution is -2.63. The highest BCUT2D eigenvalue weighted by Crippen LogP contribution is 2.44. The Morgan fingerprint density at radius 3 is 1.90 bits per heavy atom. The number of aliphatic hydroxyl groups excluding tert-OH is 1. The first-order valence-corrected chi connectivity index (χ1v) is 33.8. The zero-order chi connectivity index (χ0) is 53.8. The molecule has 3 aliphatic heterocycles. The summed E-state index contributed by atoms with van der Waals surface area (Å²) < 4.78 is 67.9. The molecular formula is C53H102N2O14Si2. The minimum absolute atomic E-state index is 0.0368. The Kier molecular flexibility index (Phi) is 21.9. The van der Waals surface area contributed by atoms with E-state index in [0.29, 0.717) is 31.4 Å². The average molecular weight is 1050 g/mol. The maximum absolute atomic E-state index is 14.9. The van der Waals surface area contributed by atoms with Crippen LogP contribution in [0.2, 0.25) is 39.3 Å². The number of nitrogens with zero attached hydrogens (tertiary/aromatic N) is 2. The van der Waals surface area contributed by atoms with Gasteiger partial charge in [0.15, 0.2) is 29.2 Å². The summed E-state index contributed by atoms with van der Waals surface area (Å²) in [6.45, 7) is 36.0. The summed E-state index contributed by atoms with van der Waals surface area (Å²) in [5.74, 6) is -4.38. The number of oxime groups is 1. The first-order chi connectivity index (χ1) is 32.7. The molecule has 2 N–H and O–H groups in total. The molecule has 0 bridgehead atoms. The number of methoxy groups -OCH3 is 2. The lowest BCUT2D eigenvalue weighted by molar-refractivity contribution is -0.316. The molecule has 0 unspecified atom stereocenters. The molecule has 1 aliphatic carbocycles. The van der Waals surface area contributed by atoms with Gasteiger partial charge in [-0.1, -0.05) is 39.3 Å². The Bertz CT molecular complexity index is 1710. The standard InChI is InChI=1S/C53H102N2O14Si2/c1-23-40-52(12,58)45(56)35(6)42(54-69-53(66-32(2)3)27-25-24-26-28-53)33(4)30-50(10,59-15)46(65-49-44(67-70(17,18)19)39(55(13)14)29-34(5)61-49)36(7)43(37(8)48(57)63-40)64-41-31-51(11,60-16)47(38(9)62-41)68-71(20,21)22/h32-41,43-47,49,56,58H,23-31H2,1-22H3/b54-42+/t33-,34-,35+,36+,37-,38+,39+,40-,41+,43+,44-,45-,46-,47+,49+,50-,51-,52-/m1/s1. The van der Waals surface area contributed by atoms with E-state index in [1.165, 1.54) is 6.92 Å². The van der Waals surface area contributed by atoms with Crippen molar-refractivity contribution < 1.29 is 66.6 Å². The van der Waals surface area contributed by atoms with Crippen molar-refractivity contribution in [3.63, 3.8) is 0 Å². The van der Waals surface area contributed by atoms with Crippen molar-refractivity contribution in [3.8, 4) is 0 Å². The van der Waals surface area contributed by atoms with E-state index < -0.39 is 118 Å². The molecular weight excluding hydrogens is 945 g/mol. The molecule has 0 radical (unpaired) electrons. The van der Waals surface area contributed by atoms with Crippen LogP contribution in [0.15, 0.2) is 5.16 Å². The van der Waals surface area contributed by atoms with Crippen molar-refractivity contribution in [3.05, 3.63) is 0 Å². The maximum Gasteiger partial charge on any atom is 0.311 e. The Labute approximate surface area is 431 Å². The fourth-order valence-corrected chi connectivity index (χ4v) is 14.1. The molecule has 16 nitrogen and oxygen atoms in total. The first kappa shape index (κ1) is 62.4. The predicted octanol–water partition coefficient (Wildman–Crippen LogP) is 9.05. The number of likely N-dealkylation sites (N-methyl/N-ethyl adjacent to an activating group) is 1. The minimum atomic E-state index is -2.21. The predicted molar refractivity (Wildman–Crippen MR) is 281 cm³/mol. The van der Waals surface area contributed by atoms with E-state index in [1.54, 1.807) is 21.1 Å². The van der Waals surface area contributed by atoms with Gasteiger partial charge in [-0.05, 0) is 141 Å². The van der Waals surface area contributed by atoms with Gasteiger partial charge in [-0.25, -0.2) is 0 Å². The van der Waals surface area contributed by atoms with Crippen molar-refractivity contribution in [1.82, 2.24) is 4.90 Å². The number of rotatable bonds is 16. The van der Waals surface area contributed by atoms with Gasteiger partial charge in [0.25, 0.3) is 0 Å². The number of esters is 1. The molecule has 0 spiro atoms. The molecule has 3 saturated heterocycles. The van der Waals surface area contributed by atoms with Crippen molar-refractivity contribution in [1.29, 1.82) is 0 Å². The molecule has 71 heavy (non-hydrogen) atoms. The minimum Gasteiger partial charge on any atom is -0.459 e.